The van der Waals surface area contributed by atoms with Gasteiger partial charge in [-0.15, -0.1) is 0 Å². The van der Waals surface area contributed by atoms with Crippen LogP contribution >= 0.6 is 23.2 Å². The molecule has 1 heterocycles. The molecule has 0 spiro atoms. The molecule has 0 fully saturated rings. The molecule has 0 bridgehead atoms. The minimum Gasteiger partial charge on any atom is -0.256 e. The number of rotatable bonds is 5. The first-order chi connectivity index (χ1) is 16.7. The van der Waals surface area contributed by atoms with Gasteiger partial charge in [-0.05, 0) is 47.0 Å². The highest BCUT2D eigenvalue weighted by Gasteiger charge is 2.62. The Morgan fingerprint density at radius 3 is 2.17 bits per heavy atom. The van der Waals surface area contributed by atoms with Crippen molar-refractivity contribution in [1.29, 1.82) is 0 Å². The highest BCUT2D eigenvalue weighted by atomic mass is 35.5. The Bertz CT molecular complexity index is 1440. The molecule has 3 aromatic rings. The lowest BCUT2D eigenvalue weighted by Crippen LogP contribution is -2.43. The molecule has 0 aliphatic carbocycles. The maximum atomic E-state index is 14.3. The van der Waals surface area contributed by atoms with Crippen molar-refractivity contribution < 1.29 is 30.4 Å². The van der Waals surface area contributed by atoms with E-state index in [9.17, 15) is 30.4 Å². The van der Waals surface area contributed by atoms with Crippen molar-refractivity contribution in [3.63, 3.8) is 0 Å². The third kappa shape index (κ3) is 4.94. The monoisotopic (exact) mass is 562 g/mol. The smallest absolute Gasteiger partial charge is 0.256 e. The predicted octanol–water partition coefficient (Wildman–Crippen LogP) is 7.57. The van der Waals surface area contributed by atoms with E-state index in [1.54, 1.807) is 36.4 Å². The molecular weight excluding hydrogens is 546 g/mol. The first-order valence-electron chi connectivity index (χ1n) is 10.4. The van der Waals surface area contributed by atoms with Crippen LogP contribution in [0.2, 0.25) is 10.0 Å². The number of alkyl halides is 5. The van der Waals surface area contributed by atoms with E-state index in [4.69, 9.17) is 23.2 Å². The number of hydrazone groups is 1. The van der Waals surface area contributed by atoms with E-state index in [1.807, 2.05) is 0 Å². The highest BCUT2D eigenvalue weighted by molar-refractivity contribution is 7.90. The number of hydrogen-bond acceptors (Lipinski definition) is 4. The molecule has 1 atom stereocenters. The topological polar surface area (TPSA) is 49.7 Å². The second-order valence-electron chi connectivity index (χ2n) is 8.18. The van der Waals surface area contributed by atoms with Crippen LogP contribution in [0.25, 0.3) is 11.1 Å². The zero-order chi connectivity index (χ0) is 26.5. The lowest BCUT2D eigenvalue weighted by molar-refractivity contribution is -0.249. The number of nitrogens with zero attached hydrogens (tertiary/aromatic N) is 2. The Balaban J connectivity index is 1.78. The molecule has 0 saturated carbocycles. The Morgan fingerprint density at radius 2 is 1.56 bits per heavy atom. The lowest BCUT2D eigenvalue weighted by atomic mass is 9.95. The average molecular weight is 563 g/mol. The van der Waals surface area contributed by atoms with Crippen molar-refractivity contribution in [3.8, 4) is 11.1 Å². The van der Waals surface area contributed by atoms with E-state index < -0.39 is 40.1 Å². The zero-order valence-corrected chi connectivity index (χ0v) is 20.7. The van der Waals surface area contributed by atoms with Crippen molar-refractivity contribution in [3.05, 3.63) is 82.3 Å². The second-order valence-corrected chi connectivity index (χ2v) is 11.0. The van der Waals surface area contributed by atoms with Crippen LogP contribution in [0, 0.1) is 0 Å². The number of halogens is 7. The molecule has 0 N–H and O–H groups in total. The van der Waals surface area contributed by atoms with Gasteiger partial charge in [-0.25, -0.2) is 8.42 Å². The summed E-state index contributed by atoms with van der Waals surface area (Å²) in [4.78, 5) is 0.118. The summed E-state index contributed by atoms with van der Waals surface area (Å²) in [6.07, 6.45) is -5.47. The normalized spacial score (nSPS) is 16.8. The fourth-order valence-electron chi connectivity index (χ4n) is 3.84. The molecule has 4 nitrogen and oxygen atoms in total. The summed E-state index contributed by atoms with van der Waals surface area (Å²) >= 11 is 12.3. The third-order valence-electron chi connectivity index (χ3n) is 5.69. The summed E-state index contributed by atoms with van der Waals surface area (Å²) < 4.78 is 91.5. The highest BCUT2D eigenvalue weighted by Crippen LogP contribution is 2.47. The Morgan fingerprint density at radius 1 is 0.917 bits per heavy atom. The molecule has 3 aromatic carbocycles. The van der Waals surface area contributed by atoms with Crippen molar-refractivity contribution in [2.24, 2.45) is 5.10 Å². The van der Waals surface area contributed by atoms with Crippen LogP contribution in [0.3, 0.4) is 0 Å². The minimum absolute atomic E-state index is 0.0444. The summed E-state index contributed by atoms with van der Waals surface area (Å²) in [5.41, 5.74) is 0.341. The van der Waals surface area contributed by atoms with Crippen molar-refractivity contribution in [2.45, 2.75) is 29.5 Å². The van der Waals surface area contributed by atoms with E-state index in [-0.39, 0.29) is 20.6 Å². The molecule has 0 radical (unpaired) electrons. The molecule has 0 amide bonds. The van der Waals surface area contributed by atoms with Crippen LogP contribution in [0.5, 0.6) is 0 Å². The summed E-state index contributed by atoms with van der Waals surface area (Å²) in [7, 11) is -3.41. The minimum atomic E-state index is -5.83. The fourth-order valence-corrected chi connectivity index (χ4v) is 4.85. The Labute approximate surface area is 213 Å². The van der Waals surface area contributed by atoms with Crippen molar-refractivity contribution >= 4 is 44.4 Å². The van der Waals surface area contributed by atoms with Gasteiger partial charge >= 0.3 is 12.1 Å². The van der Waals surface area contributed by atoms with Crippen LogP contribution in [0.4, 0.5) is 27.6 Å². The first-order valence-corrected chi connectivity index (χ1v) is 13.0. The van der Waals surface area contributed by atoms with Gasteiger partial charge in [0.05, 0.1) is 26.7 Å². The van der Waals surface area contributed by atoms with Crippen molar-refractivity contribution in [2.75, 3.05) is 11.3 Å². The van der Waals surface area contributed by atoms with Crippen LogP contribution < -0.4 is 5.01 Å². The molecule has 0 saturated heterocycles. The van der Waals surface area contributed by atoms with Gasteiger partial charge in [-0.2, -0.15) is 27.1 Å². The molecule has 1 unspecified atom stereocenters. The number of sulfone groups is 1. The van der Waals surface area contributed by atoms with Crippen LogP contribution in [-0.4, -0.2) is 32.5 Å². The SMILES string of the molecule is CS(=O)(=O)c1ccc(-c2cccc(C3CC(C(F)(F)C(F)(F)F)=NN3c3cccc(Cl)c3Cl)c2)cc1. The Kier molecular flexibility index (Phi) is 6.83. The van der Waals surface area contributed by atoms with E-state index in [0.29, 0.717) is 16.7 Å². The lowest BCUT2D eigenvalue weighted by Gasteiger charge is -2.25. The predicted molar refractivity (Wildman–Crippen MR) is 130 cm³/mol. The maximum absolute atomic E-state index is 14.3. The fraction of sp³-hybridized carbons (Fsp3) is 0.208. The summed E-state index contributed by atoms with van der Waals surface area (Å²) in [5, 5.41) is 4.73. The van der Waals surface area contributed by atoms with E-state index in [0.717, 1.165) is 11.3 Å². The quantitative estimate of drug-likeness (QED) is 0.301. The molecule has 4 rings (SSSR count). The molecule has 36 heavy (non-hydrogen) atoms. The van der Waals surface area contributed by atoms with Gasteiger partial charge in [-0.1, -0.05) is 59.6 Å². The van der Waals surface area contributed by atoms with Gasteiger partial charge in [0.1, 0.15) is 5.71 Å². The largest absolute Gasteiger partial charge is 0.459 e. The molecule has 0 aromatic heterocycles. The second kappa shape index (κ2) is 9.32. The van der Waals surface area contributed by atoms with Gasteiger partial charge in [0, 0.05) is 12.7 Å². The van der Waals surface area contributed by atoms with Crippen LogP contribution in [0.15, 0.2) is 76.7 Å². The maximum Gasteiger partial charge on any atom is 0.459 e. The van der Waals surface area contributed by atoms with Crippen molar-refractivity contribution in [1.82, 2.24) is 0 Å². The number of benzene rings is 3. The van der Waals surface area contributed by atoms with Gasteiger partial charge in [0.15, 0.2) is 9.84 Å². The number of anilines is 1. The number of hydrogen-bond donors (Lipinski definition) is 0. The summed E-state index contributed by atoms with van der Waals surface area (Å²) in [5.74, 6) is -5.15. The van der Waals surface area contributed by atoms with Gasteiger partial charge in [-0.3, -0.25) is 5.01 Å². The summed E-state index contributed by atoms with van der Waals surface area (Å²) in [6.45, 7) is 0. The van der Waals surface area contributed by atoms with E-state index >= 15 is 0 Å². The third-order valence-corrected chi connectivity index (χ3v) is 7.63. The van der Waals surface area contributed by atoms with E-state index in [1.165, 1.54) is 30.3 Å². The van der Waals surface area contributed by atoms with E-state index in [2.05, 4.69) is 5.10 Å². The molecule has 1 aliphatic heterocycles. The first kappa shape index (κ1) is 26.4. The van der Waals surface area contributed by atoms with Crippen LogP contribution in [-0.2, 0) is 9.84 Å². The molecule has 1 aliphatic rings. The summed E-state index contributed by atoms with van der Waals surface area (Å²) in [6, 6.07) is 15.8. The molecule has 190 valence electrons. The molecule has 12 heteroatoms. The zero-order valence-electron chi connectivity index (χ0n) is 18.4. The Hall–Kier alpha value is -2.69. The standard InChI is InChI=1S/C24H17Cl2F5N2O2S/c1-36(34,35)17-10-8-14(9-11-17)15-4-2-5-16(12-15)20-13-21(23(27,28)24(29,30)31)32-33(20)19-7-3-6-18(25)22(19)26/h2-12,20H,13H2,1H3. The van der Waals surface area contributed by atoms with Crippen LogP contribution in [0.1, 0.15) is 18.0 Å². The van der Waals surface area contributed by atoms with Gasteiger partial charge in [0.2, 0.25) is 0 Å². The average Bonchev–Trinajstić information content (AvgIpc) is 3.26. The molecular formula is C24H17Cl2F5N2O2S. The van der Waals surface area contributed by atoms with Gasteiger partial charge < -0.3 is 0 Å². The van der Waals surface area contributed by atoms with Gasteiger partial charge in [0.25, 0.3) is 0 Å².